The molecule has 0 bridgehead atoms. The van der Waals surface area contributed by atoms with Gasteiger partial charge in [0.15, 0.2) is 0 Å². The van der Waals surface area contributed by atoms with Crippen molar-refractivity contribution in [3.05, 3.63) is 29.8 Å². The highest BCUT2D eigenvalue weighted by Crippen LogP contribution is 2.33. The highest BCUT2D eigenvalue weighted by atomic mass is 19.3. The van der Waals surface area contributed by atoms with E-state index in [9.17, 15) is 26.3 Å². The van der Waals surface area contributed by atoms with E-state index >= 15 is 0 Å². The van der Waals surface area contributed by atoms with E-state index in [4.69, 9.17) is 5.73 Å². The van der Waals surface area contributed by atoms with Crippen LogP contribution >= 0.6 is 0 Å². The Hall–Kier alpha value is -1.44. The molecule has 0 aromatic heterocycles. The monoisotopic (exact) mass is 273 g/mol. The highest BCUT2D eigenvalue weighted by Gasteiger charge is 2.44. The number of hydrogen-bond donors (Lipinski definition) is 1. The molecule has 0 saturated carbocycles. The summed E-state index contributed by atoms with van der Waals surface area (Å²) in [6.07, 6.45) is -11.9. The summed E-state index contributed by atoms with van der Waals surface area (Å²) < 4.78 is 77.7. The van der Waals surface area contributed by atoms with Gasteiger partial charge in [-0.25, -0.2) is 8.78 Å². The van der Waals surface area contributed by atoms with Gasteiger partial charge in [-0.05, 0) is 6.07 Å². The van der Waals surface area contributed by atoms with Gasteiger partial charge in [0.1, 0.15) is 5.75 Å². The van der Waals surface area contributed by atoms with Crippen molar-refractivity contribution in [2.45, 2.75) is 25.0 Å². The van der Waals surface area contributed by atoms with Crippen LogP contribution in [0.4, 0.5) is 26.3 Å². The maximum atomic E-state index is 12.7. The Morgan fingerprint density at radius 2 is 1.61 bits per heavy atom. The van der Waals surface area contributed by atoms with Gasteiger partial charge in [-0.2, -0.15) is 17.6 Å². The van der Waals surface area contributed by atoms with Crippen LogP contribution in [0.5, 0.6) is 5.75 Å². The van der Waals surface area contributed by atoms with Crippen molar-refractivity contribution >= 4 is 0 Å². The Labute approximate surface area is 98.3 Å². The van der Waals surface area contributed by atoms with Gasteiger partial charge in [0.25, 0.3) is 6.43 Å². The first-order valence-corrected chi connectivity index (χ1v) is 4.73. The largest absolute Gasteiger partial charge is 0.461 e. The molecule has 1 aromatic rings. The minimum Gasteiger partial charge on any atom is -0.428 e. The average Bonchev–Trinajstić information content (AvgIpc) is 2.28. The van der Waals surface area contributed by atoms with E-state index in [1.54, 1.807) is 0 Å². The summed E-state index contributed by atoms with van der Waals surface area (Å²) in [5.41, 5.74) is 4.61. The fraction of sp³-hybridized carbons (Fsp3) is 0.400. The third kappa shape index (κ3) is 3.28. The summed E-state index contributed by atoms with van der Waals surface area (Å²) in [6.45, 7) is 0. The van der Waals surface area contributed by atoms with E-state index < -0.39 is 36.3 Å². The van der Waals surface area contributed by atoms with Crippen molar-refractivity contribution in [2.75, 3.05) is 0 Å². The van der Waals surface area contributed by atoms with Crippen molar-refractivity contribution in [1.29, 1.82) is 0 Å². The van der Waals surface area contributed by atoms with E-state index in [-0.39, 0.29) is 0 Å². The summed E-state index contributed by atoms with van der Waals surface area (Å²) in [6, 6.07) is 2.42. The van der Waals surface area contributed by atoms with E-state index in [1.807, 2.05) is 0 Å². The van der Waals surface area contributed by atoms with Gasteiger partial charge in [0.05, 0.1) is 6.04 Å². The summed E-state index contributed by atoms with van der Waals surface area (Å²) >= 11 is 0. The van der Waals surface area contributed by atoms with Gasteiger partial charge in [-0.15, -0.1) is 0 Å². The number of benzene rings is 1. The van der Waals surface area contributed by atoms with Crippen molar-refractivity contribution in [1.82, 2.24) is 0 Å². The molecule has 0 unspecified atom stereocenters. The lowest BCUT2D eigenvalue weighted by Gasteiger charge is -2.21. The van der Waals surface area contributed by atoms with Gasteiger partial charge in [-0.3, -0.25) is 0 Å². The number of para-hydroxylation sites is 1. The first-order valence-electron chi connectivity index (χ1n) is 4.73. The lowest BCUT2D eigenvalue weighted by Crippen LogP contribution is -2.34. The zero-order valence-corrected chi connectivity index (χ0v) is 8.79. The maximum absolute atomic E-state index is 12.7. The van der Waals surface area contributed by atoms with Crippen LogP contribution in [-0.2, 0) is 0 Å². The van der Waals surface area contributed by atoms with Crippen molar-refractivity contribution in [3.8, 4) is 5.75 Å². The zero-order chi connectivity index (χ0) is 13.9. The van der Waals surface area contributed by atoms with E-state index in [1.165, 1.54) is 12.1 Å². The molecule has 0 amide bonds. The second-order valence-electron chi connectivity index (χ2n) is 3.36. The van der Waals surface area contributed by atoms with E-state index in [0.29, 0.717) is 0 Å². The number of nitrogens with two attached hydrogens (primary N) is 1. The van der Waals surface area contributed by atoms with Crippen LogP contribution in [0, 0.1) is 0 Å². The predicted molar refractivity (Wildman–Crippen MR) is 51.0 cm³/mol. The molecule has 0 aliphatic rings. The van der Waals surface area contributed by atoms with Gasteiger partial charge in [0.2, 0.25) is 0 Å². The van der Waals surface area contributed by atoms with Crippen LogP contribution in [0.1, 0.15) is 11.6 Å². The van der Waals surface area contributed by atoms with Crippen LogP contribution in [0.15, 0.2) is 24.3 Å². The second-order valence-corrected chi connectivity index (χ2v) is 3.36. The molecule has 0 heterocycles. The van der Waals surface area contributed by atoms with Gasteiger partial charge in [-0.1, -0.05) is 18.2 Å². The normalized spacial score (nSPS) is 14.1. The van der Waals surface area contributed by atoms with Gasteiger partial charge in [0, 0.05) is 5.56 Å². The summed E-state index contributed by atoms with van der Waals surface area (Å²) in [5, 5.41) is 0. The Morgan fingerprint density at radius 1 is 1.06 bits per heavy atom. The highest BCUT2D eigenvalue weighted by molar-refractivity contribution is 5.36. The van der Waals surface area contributed by atoms with Crippen LogP contribution in [0.25, 0.3) is 0 Å². The zero-order valence-electron chi connectivity index (χ0n) is 8.79. The molecular weight excluding hydrogens is 264 g/mol. The molecule has 1 rings (SSSR count). The molecule has 18 heavy (non-hydrogen) atoms. The molecule has 2 nitrogen and oxygen atoms in total. The molecule has 0 saturated heterocycles. The van der Waals surface area contributed by atoms with Crippen LogP contribution in [0.3, 0.4) is 0 Å². The van der Waals surface area contributed by atoms with Crippen LogP contribution < -0.4 is 10.5 Å². The lowest BCUT2D eigenvalue weighted by atomic mass is 10.1. The number of hydrogen-bond acceptors (Lipinski definition) is 2. The first-order chi connectivity index (χ1) is 8.25. The predicted octanol–water partition coefficient (Wildman–Crippen LogP) is 3.19. The molecule has 0 aliphatic carbocycles. The Bertz CT molecular complexity index is 398. The van der Waals surface area contributed by atoms with Gasteiger partial charge < -0.3 is 10.5 Å². The minimum absolute atomic E-state index is 0.465. The fourth-order valence-electron chi connectivity index (χ4n) is 1.18. The Balaban J connectivity index is 3.03. The number of halogens is 6. The van der Waals surface area contributed by atoms with Crippen LogP contribution in [0.2, 0.25) is 0 Å². The smallest absolute Gasteiger partial charge is 0.428 e. The quantitative estimate of drug-likeness (QED) is 0.836. The molecule has 0 radical (unpaired) electrons. The molecule has 102 valence electrons. The molecule has 2 N–H and O–H groups in total. The summed E-state index contributed by atoms with van der Waals surface area (Å²) in [5.74, 6) is -0.796. The topological polar surface area (TPSA) is 35.2 Å². The van der Waals surface area contributed by atoms with Crippen molar-refractivity contribution < 1.29 is 31.1 Å². The molecule has 0 spiro atoms. The number of alkyl halides is 6. The van der Waals surface area contributed by atoms with Crippen molar-refractivity contribution in [2.24, 2.45) is 5.73 Å². The number of ether oxygens (including phenoxy) is 1. The molecule has 1 atom stereocenters. The van der Waals surface area contributed by atoms with Gasteiger partial charge >= 0.3 is 12.5 Å². The summed E-state index contributed by atoms with van der Waals surface area (Å²) in [7, 11) is 0. The lowest BCUT2D eigenvalue weighted by molar-refractivity contribution is -0.253. The Morgan fingerprint density at radius 3 is 2.11 bits per heavy atom. The molecule has 1 aromatic carbocycles. The molecule has 0 fully saturated rings. The number of rotatable bonds is 5. The van der Waals surface area contributed by atoms with E-state index in [2.05, 4.69) is 4.74 Å². The minimum atomic E-state index is -4.77. The SMILES string of the molecule is N[C@@H](c1ccccc1OC(F)(F)C(F)F)C(F)F. The molecule has 8 heteroatoms. The van der Waals surface area contributed by atoms with Crippen LogP contribution in [-0.4, -0.2) is 19.0 Å². The third-order valence-electron chi connectivity index (χ3n) is 2.05. The second kappa shape index (κ2) is 5.47. The standard InChI is InChI=1S/C10H9F6NO/c11-8(12)7(17)5-3-1-2-4-6(5)18-10(15,16)9(13)14/h1-4,7-9H,17H2/t7-/m0/s1. The molecule has 0 aliphatic heterocycles. The summed E-state index contributed by atoms with van der Waals surface area (Å²) in [4.78, 5) is 0. The maximum Gasteiger partial charge on any atom is 0.461 e. The fourth-order valence-corrected chi connectivity index (χ4v) is 1.18. The van der Waals surface area contributed by atoms with Crippen molar-refractivity contribution in [3.63, 3.8) is 0 Å². The first kappa shape index (κ1) is 14.6. The third-order valence-corrected chi connectivity index (χ3v) is 2.05. The molecular formula is C10H9F6NO. The van der Waals surface area contributed by atoms with E-state index in [0.717, 1.165) is 12.1 Å². The Kier molecular flexibility index (Phi) is 4.44. The average molecular weight is 273 g/mol.